The minimum Gasteiger partial charge on any atom is -0.374 e. The first-order valence-corrected chi connectivity index (χ1v) is 7.41. The molecule has 1 N–H and O–H groups in total. The maximum absolute atomic E-state index is 5.83. The number of likely N-dealkylation sites (N-methyl/N-ethyl adjacent to an activating group) is 1. The second kappa shape index (κ2) is 6.04. The zero-order valence-electron chi connectivity index (χ0n) is 11.7. The number of hydrogen-bond donors (Lipinski definition) is 1. The predicted molar refractivity (Wildman–Crippen MR) is 77.1 cm³/mol. The zero-order valence-corrected chi connectivity index (χ0v) is 11.7. The third-order valence-electron chi connectivity index (χ3n) is 4.16. The molecule has 3 nitrogen and oxygen atoms in total. The number of benzene rings is 1. The van der Waals surface area contributed by atoms with E-state index in [2.05, 4.69) is 47.6 Å². The summed E-state index contributed by atoms with van der Waals surface area (Å²) in [5, 5.41) is 3.74. The summed E-state index contributed by atoms with van der Waals surface area (Å²) < 4.78 is 5.83. The van der Waals surface area contributed by atoms with Gasteiger partial charge in [-0.3, -0.25) is 0 Å². The standard InChI is InChI=1S/C16H24N2O/c1-18-9-10-19-15(12-18)11-17-16(14-7-8-14)13-5-3-2-4-6-13/h2-6,14-17H,7-12H2,1H3. The third kappa shape index (κ3) is 3.56. The smallest absolute Gasteiger partial charge is 0.0826 e. The van der Waals surface area contributed by atoms with E-state index in [1.807, 2.05) is 0 Å². The van der Waals surface area contributed by atoms with Crippen molar-refractivity contribution in [3.05, 3.63) is 35.9 Å². The van der Waals surface area contributed by atoms with E-state index in [0.29, 0.717) is 12.1 Å². The molecule has 2 atom stereocenters. The molecule has 2 unspecified atom stereocenters. The lowest BCUT2D eigenvalue weighted by Crippen LogP contribution is -2.45. The summed E-state index contributed by atoms with van der Waals surface area (Å²) in [5.74, 6) is 0.823. The molecule has 0 aromatic heterocycles. The van der Waals surface area contributed by atoms with E-state index in [4.69, 9.17) is 4.74 Å². The second-order valence-electron chi connectivity index (χ2n) is 5.89. The molecule has 1 saturated heterocycles. The molecule has 1 aliphatic heterocycles. The molecule has 1 aromatic carbocycles. The Balaban J connectivity index is 1.57. The van der Waals surface area contributed by atoms with Gasteiger partial charge >= 0.3 is 0 Å². The average molecular weight is 260 g/mol. The van der Waals surface area contributed by atoms with E-state index < -0.39 is 0 Å². The first kappa shape index (κ1) is 13.1. The highest BCUT2D eigenvalue weighted by Crippen LogP contribution is 2.40. The van der Waals surface area contributed by atoms with Gasteiger partial charge in [-0.2, -0.15) is 0 Å². The van der Waals surface area contributed by atoms with Gasteiger partial charge in [0.25, 0.3) is 0 Å². The van der Waals surface area contributed by atoms with E-state index in [1.165, 1.54) is 18.4 Å². The molecule has 19 heavy (non-hydrogen) atoms. The van der Waals surface area contributed by atoms with Gasteiger partial charge in [-0.1, -0.05) is 30.3 Å². The quantitative estimate of drug-likeness (QED) is 0.877. The van der Waals surface area contributed by atoms with E-state index in [9.17, 15) is 0 Å². The van der Waals surface area contributed by atoms with Crippen molar-refractivity contribution < 1.29 is 4.74 Å². The Bertz CT molecular complexity index is 391. The van der Waals surface area contributed by atoms with Crippen molar-refractivity contribution in [2.45, 2.75) is 25.0 Å². The minimum atomic E-state index is 0.337. The molecule has 1 aliphatic carbocycles. The molecule has 0 spiro atoms. The number of rotatable bonds is 5. The van der Waals surface area contributed by atoms with Crippen LogP contribution in [0.3, 0.4) is 0 Å². The molecule has 0 radical (unpaired) electrons. The molecule has 0 bridgehead atoms. The van der Waals surface area contributed by atoms with Crippen LogP contribution in [-0.2, 0) is 4.74 Å². The predicted octanol–water partition coefficient (Wildman–Crippen LogP) is 2.06. The van der Waals surface area contributed by atoms with Gasteiger partial charge in [0.05, 0.1) is 12.7 Å². The molecular formula is C16H24N2O. The average Bonchev–Trinajstić information content (AvgIpc) is 3.25. The van der Waals surface area contributed by atoms with Gasteiger partial charge in [0.1, 0.15) is 0 Å². The number of ether oxygens (including phenoxy) is 1. The summed E-state index contributed by atoms with van der Waals surface area (Å²) in [6.45, 7) is 3.92. The van der Waals surface area contributed by atoms with Crippen LogP contribution in [-0.4, -0.2) is 44.3 Å². The Morgan fingerprint density at radius 2 is 2.11 bits per heavy atom. The maximum Gasteiger partial charge on any atom is 0.0826 e. The van der Waals surface area contributed by atoms with Crippen molar-refractivity contribution in [3.8, 4) is 0 Å². The van der Waals surface area contributed by atoms with Gasteiger partial charge < -0.3 is 15.0 Å². The number of morpholine rings is 1. The Hall–Kier alpha value is -0.900. The van der Waals surface area contributed by atoms with Crippen molar-refractivity contribution in [1.82, 2.24) is 10.2 Å². The molecule has 104 valence electrons. The highest BCUT2D eigenvalue weighted by Gasteiger charge is 2.32. The molecule has 2 aliphatic rings. The van der Waals surface area contributed by atoms with Crippen LogP contribution in [0.4, 0.5) is 0 Å². The SMILES string of the molecule is CN1CCOC(CNC(c2ccccc2)C2CC2)C1. The molecule has 2 fully saturated rings. The fraction of sp³-hybridized carbons (Fsp3) is 0.625. The van der Waals surface area contributed by atoms with Crippen molar-refractivity contribution in [1.29, 1.82) is 0 Å². The largest absolute Gasteiger partial charge is 0.374 e. The minimum absolute atomic E-state index is 0.337. The van der Waals surface area contributed by atoms with Crippen LogP contribution in [0.25, 0.3) is 0 Å². The lowest BCUT2D eigenvalue weighted by molar-refractivity contribution is -0.0196. The molecule has 1 saturated carbocycles. The molecule has 1 heterocycles. The van der Waals surface area contributed by atoms with Gasteiger partial charge in [-0.25, -0.2) is 0 Å². The van der Waals surface area contributed by atoms with E-state index >= 15 is 0 Å². The molecular weight excluding hydrogens is 236 g/mol. The van der Waals surface area contributed by atoms with Gasteiger partial charge in [0.15, 0.2) is 0 Å². The van der Waals surface area contributed by atoms with Crippen molar-refractivity contribution in [2.75, 3.05) is 33.3 Å². The Morgan fingerprint density at radius 1 is 1.32 bits per heavy atom. The molecule has 3 heteroatoms. The van der Waals surface area contributed by atoms with E-state index in [0.717, 1.165) is 32.2 Å². The molecule has 1 aromatic rings. The normalized spacial score (nSPS) is 26.3. The molecule has 0 amide bonds. The highest BCUT2D eigenvalue weighted by molar-refractivity contribution is 5.21. The van der Waals surface area contributed by atoms with Crippen LogP contribution in [0, 0.1) is 5.92 Å². The summed E-state index contributed by atoms with van der Waals surface area (Å²) in [6, 6.07) is 11.4. The van der Waals surface area contributed by atoms with Crippen LogP contribution in [0.1, 0.15) is 24.4 Å². The third-order valence-corrected chi connectivity index (χ3v) is 4.16. The fourth-order valence-electron chi connectivity index (χ4n) is 2.90. The van der Waals surface area contributed by atoms with Crippen LogP contribution >= 0.6 is 0 Å². The van der Waals surface area contributed by atoms with Crippen molar-refractivity contribution >= 4 is 0 Å². The zero-order chi connectivity index (χ0) is 13.1. The van der Waals surface area contributed by atoms with Crippen molar-refractivity contribution in [2.24, 2.45) is 5.92 Å². The topological polar surface area (TPSA) is 24.5 Å². The summed E-state index contributed by atoms with van der Waals surface area (Å²) in [4.78, 5) is 2.35. The molecule has 3 rings (SSSR count). The first-order chi connectivity index (χ1) is 9.33. The van der Waals surface area contributed by atoms with Gasteiger partial charge in [0.2, 0.25) is 0 Å². The van der Waals surface area contributed by atoms with E-state index in [-0.39, 0.29) is 0 Å². The van der Waals surface area contributed by atoms with Gasteiger partial charge in [-0.05, 0) is 31.4 Å². The van der Waals surface area contributed by atoms with Gasteiger partial charge in [0, 0.05) is 25.7 Å². The lowest BCUT2D eigenvalue weighted by Gasteiger charge is -2.31. The Kier molecular flexibility index (Phi) is 4.16. The maximum atomic E-state index is 5.83. The number of hydrogen-bond acceptors (Lipinski definition) is 3. The van der Waals surface area contributed by atoms with E-state index in [1.54, 1.807) is 0 Å². The van der Waals surface area contributed by atoms with Crippen molar-refractivity contribution in [3.63, 3.8) is 0 Å². The fourth-order valence-corrected chi connectivity index (χ4v) is 2.90. The monoisotopic (exact) mass is 260 g/mol. The lowest BCUT2D eigenvalue weighted by atomic mass is 10.0. The van der Waals surface area contributed by atoms with Crippen LogP contribution in [0.2, 0.25) is 0 Å². The Morgan fingerprint density at radius 3 is 2.79 bits per heavy atom. The van der Waals surface area contributed by atoms with Crippen LogP contribution in [0.5, 0.6) is 0 Å². The number of nitrogens with zero attached hydrogens (tertiary/aromatic N) is 1. The van der Waals surface area contributed by atoms with Gasteiger partial charge in [-0.15, -0.1) is 0 Å². The summed E-state index contributed by atoms with van der Waals surface area (Å²) in [7, 11) is 2.17. The van der Waals surface area contributed by atoms with Crippen LogP contribution in [0.15, 0.2) is 30.3 Å². The summed E-state index contributed by atoms with van der Waals surface area (Å²) >= 11 is 0. The highest BCUT2D eigenvalue weighted by atomic mass is 16.5. The Labute approximate surface area is 115 Å². The summed E-state index contributed by atoms with van der Waals surface area (Å²) in [6.07, 6.45) is 3.05. The second-order valence-corrected chi connectivity index (χ2v) is 5.89. The first-order valence-electron chi connectivity index (χ1n) is 7.41. The van der Waals surface area contributed by atoms with Crippen LogP contribution < -0.4 is 5.32 Å². The summed E-state index contributed by atoms with van der Waals surface area (Å²) in [5.41, 5.74) is 1.43. The number of nitrogens with one attached hydrogen (secondary N) is 1.